The molecule has 2 aromatic heterocycles. The van der Waals surface area contributed by atoms with Crippen molar-refractivity contribution < 1.29 is 4.79 Å². The Hall–Kier alpha value is -2.09. The molecule has 1 amide bonds. The number of carbonyl (C=O) groups is 1. The molecule has 2 saturated heterocycles. The second-order valence-corrected chi connectivity index (χ2v) is 7.63. The van der Waals surface area contributed by atoms with Gasteiger partial charge in [-0.25, -0.2) is 4.98 Å². The number of aryl methyl sites for hydroxylation is 1. The van der Waals surface area contributed by atoms with E-state index in [0.29, 0.717) is 4.88 Å². The summed E-state index contributed by atoms with van der Waals surface area (Å²) in [5, 5.41) is 4.01. The summed E-state index contributed by atoms with van der Waals surface area (Å²) in [4.78, 5) is 26.8. The summed E-state index contributed by atoms with van der Waals surface area (Å²) < 4.78 is 3.94. The maximum Gasteiger partial charge on any atom is 0.267 e. The van der Waals surface area contributed by atoms with Crippen LogP contribution in [-0.2, 0) is 0 Å². The number of rotatable bonds is 2. The van der Waals surface area contributed by atoms with E-state index in [9.17, 15) is 4.79 Å². The van der Waals surface area contributed by atoms with Crippen molar-refractivity contribution in [1.29, 1.82) is 0 Å². The van der Waals surface area contributed by atoms with E-state index >= 15 is 0 Å². The molecular formula is C17H22N6OS. The molecule has 8 heteroatoms. The van der Waals surface area contributed by atoms with Crippen LogP contribution in [0.5, 0.6) is 0 Å². The van der Waals surface area contributed by atoms with Gasteiger partial charge in [0.05, 0.1) is 11.9 Å². The lowest BCUT2D eigenvalue weighted by Crippen LogP contribution is -2.48. The van der Waals surface area contributed by atoms with E-state index in [2.05, 4.69) is 29.4 Å². The predicted octanol–water partition coefficient (Wildman–Crippen LogP) is 2.30. The third-order valence-corrected chi connectivity index (χ3v) is 6.29. The van der Waals surface area contributed by atoms with Crippen molar-refractivity contribution in [2.45, 2.75) is 44.6 Å². The largest absolute Gasteiger partial charge is 0.355 e. The first-order valence-corrected chi connectivity index (χ1v) is 9.59. The maximum absolute atomic E-state index is 13.1. The van der Waals surface area contributed by atoms with Crippen molar-refractivity contribution in [2.24, 2.45) is 0 Å². The molecule has 2 aliphatic rings. The van der Waals surface area contributed by atoms with Crippen LogP contribution in [0.1, 0.15) is 47.5 Å². The van der Waals surface area contributed by atoms with Gasteiger partial charge in [-0.15, -0.1) is 5.10 Å². The van der Waals surface area contributed by atoms with Gasteiger partial charge in [0.25, 0.3) is 5.91 Å². The number of anilines is 1. The smallest absolute Gasteiger partial charge is 0.267 e. The Morgan fingerprint density at radius 3 is 2.72 bits per heavy atom. The third-order valence-electron chi connectivity index (χ3n) is 5.48. The zero-order valence-corrected chi connectivity index (χ0v) is 15.2. The molecule has 1 spiro atoms. The number of aromatic nitrogens is 4. The average molecular weight is 358 g/mol. The normalized spacial score (nSPS) is 23.9. The number of carbonyl (C=O) groups excluding carboxylic acids is 1. The van der Waals surface area contributed by atoms with Gasteiger partial charge in [-0.3, -0.25) is 9.78 Å². The van der Waals surface area contributed by atoms with Crippen molar-refractivity contribution >= 4 is 23.3 Å². The zero-order chi connectivity index (χ0) is 17.3. The number of amides is 1. The van der Waals surface area contributed by atoms with E-state index in [4.69, 9.17) is 0 Å². The highest BCUT2D eigenvalue weighted by Crippen LogP contribution is 2.40. The molecule has 0 radical (unpaired) electrons. The monoisotopic (exact) mass is 358 g/mol. The molecule has 1 unspecified atom stereocenters. The molecule has 0 aliphatic carbocycles. The quantitative estimate of drug-likeness (QED) is 0.820. The molecule has 4 heterocycles. The topological polar surface area (TPSA) is 75.1 Å². The number of hydrogen-bond donors (Lipinski definition) is 0. The molecule has 0 saturated carbocycles. The van der Waals surface area contributed by atoms with Crippen molar-refractivity contribution in [3.05, 3.63) is 29.2 Å². The molecule has 0 N–H and O–H groups in total. The highest BCUT2D eigenvalue weighted by atomic mass is 32.1. The second-order valence-electron chi connectivity index (χ2n) is 6.88. The lowest BCUT2D eigenvalue weighted by molar-refractivity contribution is 0.0570. The van der Waals surface area contributed by atoms with E-state index in [0.717, 1.165) is 63.3 Å². The lowest BCUT2D eigenvalue weighted by atomic mass is 9.87. The van der Waals surface area contributed by atoms with Gasteiger partial charge >= 0.3 is 0 Å². The van der Waals surface area contributed by atoms with Gasteiger partial charge in [-0.2, -0.15) is 0 Å². The molecule has 4 rings (SSSR count). The summed E-state index contributed by atoms with van der Waals surface area (Å²) in [6, 6.07) is 0. The van der Waals surface area contributed by atoms with Gasteiger partial charge in [0.15, 0.2) is 0 Å². The van der Waals surface area contributed by atoms with E-state index in [1.807, 2.05) is 13.1 Å². The minimum Gasteiger partial charge on any atom is -0.355 e. The standard InChI is InChI=1S/C17H22N6OS/c1-13-15(25-21-20-13)16(24)23-10-3-5-17(23)4-2-9-22(11-6-17)14-12-18-7-8-19-14/h7-8,12H,2-6,9-11H2,1H3. The summed E-state index contributed by atoms with van der Waals surface area (Å²) >= 11 is 1.21. The molecule has 25 heavy (non-hydrogen) atoms. The van der Waals surface area contributed by atoms with Crippen molar-refractivity contribution in [1.82, 2.24) is 24.5 Å². The Kier molecular flexibility index (Phi) is 4.37. The third kappa shape index (κ3) is 2.99. The fourth-order valence-electron chi connectivity index (χ4n) is 4.19. The maximum atomic E-state index is 13.1. The Morgan fingerprint density at radius 2 is 2.00 bits per heavy atom. The summed E-state index contributed by atoms with van der Waals surface area (Å²) in [5.74, 6) is 1.04. The van der Waals surface area contributed by atoms with Crippen molar-refractivity contribution in [3.63, 3.8) is 0 Å². The SMILES string of the molecule is Cc1nnsc1C(=O)N1CCCC12CCCN(c1cnccn1)CC2. The molecule has 7 nitrogen and oxygen atoms in total. The summed E-state index contributed by atoms with van der Waals surface area (Å²) in [6.07, 6.45) is 10.5. The van der Waals surface area contributed by atoms with Gasteiger partial charge in [0.2, 0.25) is 0 Å². The van der Waals surface area contributed by atoms with Gasteiger partial charge in [-0.1, -0.05) is 4.49 Å². The first kappa shape index (κ1) is 16.4. The Bertz CT molecular complexity index is 751. The number of hydrogen-bond acceptors (Lipinski definition) is 7. The first-order chi connectivity index (χ1) is 12.2. The van der Waals surface area contributed by atoms with Crippen LogP contribution in [0.3, 0.4) is 0 Å². The molecule has 2 aliphatic heterocycles. The van der Waals surface area contributed by atoms with Crippen LogP contribution in [0.4, 0.5) is 5.82 Å². The van der Waals surface area contributed by atoms with Gasteiger partial charge in [-0.05, 0) is 50.6 Å². The van der Waals surface area contributed by atoms with Crippen LogP contribution in [0, 0.1) is 6.92 Å². The van der Waals surface area contributed by atoms with Crippen LogP contribution >= 0.6 is 11.5 Å². The number of likely N-dealkylation sites (tertiary alicyclic amines) is 1. The van der Waals surface area contributed by atoms with Gasteiger partial charge in [0.1, 0.15) is 10.7 Å². The highest BCUT2D eigenvalue weighted by molar-refractivity contribution is 7.07. The minimum absolute atomic E-state index is 0.0372. The summed E-state index contributed by atoms with van der Waals surface area (Å²) in [6.45, 7) is 4.57. The molecule has 0 bridgehead atoms. The molecule has 132 valence electrons. The first-order valence-electron chi connectivity index (χ1n) is 8.81. The fourth-order valence-corrected chi connectivity index (χ4v) is 4.79. The van der Waals surface area contributed by atoms with E-state index in [1.165, 1.54) is 11.5 Å². The molecule has 2 fully saturated rings. The van der Waals surface area contributed by atoms with Crippen LogP contribution in [0.15, 0.2) is 18.6 Å². The van der Waals surface area contributed by atoms with Crippen LogP contribution in [0.2, 0.25) is 0 Å². The van der Waals surface area contributed by atoms with Crippen molar-refractivity contribution in [3.8, 4) is 0 Å². The summed E-state index contributed by atoms with van der Waals surface area (Å²) in [7, 11) is 0. The Morgan fingerprint density at radius 1 is 1.16 bits per heavy atom. The van der Waals surface area contributed by atoms with E-state index in [1.54, 1.807) is 12.4 Å². The Balaban J connectivity index is 1.54. The minimum atomic E-state index is -0.0372. The fraction of sp³-hybridized carbons (Fsp3) is 0.588. The van der Waals surface area contributed by atoms with E-state index in [-0.39, 0.29) is 11.4 Å². The molecular weight excluding hydrogens is 336 g/mol. The zero-order valence-electron chi connectivity index (χ0n) is 14.4. The van der Waals surface area contributed by atoms with Crippen LogP contribution in [-0.4, -0.2) is 55.5 Å². The van der Waals surface area contributed by atoms with Gasteiger partial charge < -0.3 is 9.80 Å². The highest BCUT2D eigenvalue weighted by Gasteiger charge is 2.45. The predicted molar refractivity (Wildman–Crippen MR) is 95.7 cm³/mol. The lowest BCUT2D eigenvalue weighted by Gasteiger charge is -2.38. The molecule has 0 aromatic carbocycles. The molecule has 2 aromatic rings. The Labute approximate surface area is 151 Å². The average Bonchev–Trinajstić information content (AvgIpc) is 3.18. The molecule has 1 atom stereocenters. The summed E-state index contributed by atoms with van der Waals surface area (Å²) in [5.41, 5.74) is 0.705. The van der Waals surface area contributed by atoms with Crippen LogP contribution < -0.4 is 4.90 Å². The second kappa shape index (κ2) is 6.67. The van der Waals surface area contributed by atoms with Gasteiger partial charge in [0, 0.05) is 37.6 Å². The van der Waals surface area contributed by atoms with Crippen molar-refractivity contribution in [2.75, 3.05) is 24.5 Å². The number of nitrogens with zero attached hydrogens (tertiary/aromatic N) is 6. The van der Waals surface area contributed by atoms with E-state index < -0.39 is 0 Å². The van der Waals surface area contributed by atoms with Crippen LogP contribution in [0.25, 0.3) is 0 Å².